The van der Waals surface area contributed by atoms with Crippen molar-refractivity contribution in [3.05, 3.63) is 66.6 Å². The molecule has 8 nitrogen and oxygen atoms in total. The number of morpholine rings is 1. The molecule has 2 aromatic heterocycles. The van der Waals surface area contributed by atoms with E-state index in [4.69, 9.17) is 10.5 Å². The maximum atomic E-state index is 13.8. The molecule has 34 heavy (non-hydrogen) atoms. The van der Waals surface area contributed by atoms with Gasteiger partial charge in [-0.15, -0.1) is 0 Å². The fourth-order valence-corrected chi connectivity index (χ4v) is 3.88. The lowest BCUT2D eigenvalue weighted by Crippen LogP contribution is -2.37. The lowest BCUT2D eigenvalue weighted by Gasteiger charge is -2.28. The third-order valence-corrected chi connectivity index (χ3v) is 5.61. The van der Waals surface area contributed by atoms with E-state index in [0.717, 1.165) is 18.0 Å². The Morgan fingerprint density at radius 2 is 1.68 bits per heavy atom. The molecule has 0 bridgehead atoms. The minimum absolute atomic E-state index is 0.123. The first kappa shape index (κ1) is 22.0. The van der Waals surface area contributed by atoms with Crippen LogP contribution in [0.4, 0.5) is 36.4 Å². The summed E-state index contributed by atoms with van der Waals surface area (Å²) in [5, 5.41) is 0. The number of nitrogens with zero attached hydrogens (tertiary/aromatic N) is 6. The summed E-state index contributed by atoms with van der Waals surface area (Å²) in [7, 11) is 0. The van der Waals surface area contributed by atoms with Crippen LogP contribution in [-0.2, 0) is 10.9 Å². The molecule has 5 rings (SSSR count). The number of para-hydroxylation sites is 1. The quantitative estimate of drug-likeness (QED) is 0.619. The normalized spacial score (nSPS) is 16.4. The second-order valence-corrected chi connectivity index (χ2v) is 7.88. The lowest BCUT2D eigenvalue weighted by molar-refractivity contribution is -0.137. The second kappa shape index (κ2) is 8.82. The Labute approximate surface area is 194 Å². The van der Waals surface area contributed by atoms with E-state index >= 15 is 0 Å². The minimum atomic E-state index is -4.62. The fourth-order valence-electron chi connectivity index (χ4n) is 3.88. The molecule has 1 fully saturated rings. The number of anilines is 4. The predicted molar refractivity (Wildman–Crippen MR) is 123 cm³/mol. The van der Waals surface area contributed by atoms with Gasteiger partial charge in [0.2, 0.25) is 5.95 Å². The van der Waals surface area contributed by atoms with E-state index in [1.54, 1.807) is 6.07 Å². The Morgan fingerprint density at radius 1 is 0.941 bits per heavy atom. The molecule has 2 aliphatic rings. The number of benzene rings is 1. The molecule has 2 N–H and O–H groups in total. The summed E-state index contributed by atoms with van der Waals surface area (Å²) in [5.41, 5.74) is 5.64. The molecule has 2 aliphatic heterocycles. The molecule has 11 heteroatoms. The van der Waals surface area contributed by atoms with Gasteiger partial charge in [-0.05, 0) is 18.2 Å². The lowest BCUT2D eigenvalue weighted by atomic mass is 10.1. The molecule has 0 unspecified atom stereocenters. The van der Waals surface area contributed by atoms with Crippen molar-refractivity contribution in [3.63, 3.8) is 0 Å². The van der Waals surface area contributed by atoms with Crippen LogP contribution in [0.25, 0.3) is 11.3 Å². The van der Waals surface area contributed by atoms with E-state index in [0.29, 0.717) is 44.7 Å². The van der Waals surface area contributed by atoms with E-state index in [9.17, 15) is 13.2 Å². The largest absolute Gasteiger partial charge is 0.417 e. The van der Waals surface area contributed by atoms with Crippen LogP contribution in [-0.4, -0.2) is 47.9 Å². The van der Waals surface area contributed by atoms with Crippen LogP contribution in [0, 0.1) is 0 Å². The summed E-state index contributed by atoms with van der Waals surface area (Å²) >= 11 is 0. The van der Waals surface area contributed by atoms with Crippen LogP contribution in [0.3, 0.4) is 0 Å². The van der Waals surface area contributed by atoms with Crippen molar-refractivity contribution in [1.82, 2.24) is 15.0 Å². The van der Waals surface area contributed by atoms with Gasteiger partial charge in [0.05, 0.1) is 24.5 Å². The Balaban J connectivity index is 1.56. The number of rotatable bonds is 4. The van der Waals surface area contributed by atoms with Crippen molar-refractivity contribution in [3.8, 4) is 11.3 Å². The van der Waals surface area contributed by atoms with Crippen molar-refractivity contribution in [2.45, 2.75) is 6.18 Å². The first-order chi connectivity index (χ1) is 16.4. The standard InChI is InChI=1S/C23H22F3N7O/c24-23(25,26)18-12-20(27)28-14-17(18)19-13-21(30-22(29-19)31-8-10-34-11-9-31)33-7-6-32(15-33)16-4-2-1-3-5-16/h1-7,12-14H,8-11,15H2,(H2,27,28). The summed E-state index contributed by atoms with van der Waals surface area (Å²) in [5.74, 6) is 0.609. The summed E-state index contributed by atoms with van der Waals surface area (Å²) in [4.78, 5) is 18.9. The molecule has 0 amide bonds. The molecule has 3 aromatic rings. The van der Waals surface area contributed by atoms with Crippen LogP contribution in [0.1, 0.15) is 5.56 Å². The number of hydrogen-bond donors (Lipinski definition) is 1. The van der Waals surface area contributed by atoms with Crippen LogP contribution in [0.15, 0.2) is 61.1 Å². The van der Waals surface area contributed by atoms with Gasteiger partial charge >= 0.3 is 6.18 Å². The molecule has 0 atom stereocenters. The minimum Gasteiger partial charge on any atom is -0.384 e. The Bertz CT molecular complexity index is 1200. The van der Waals surface area contributed by atoms with E-state index < -0.39 is 11.7 Å². The predicted octanol–water partition coefficient (Wildman–Crippen LogP) is 3.73. The first-order valence-corrected chi connectivity index (χ1v) is 10.7. The monoisotopic (exact) mass is 469 g/mol. The highest BCUT2D eigenvalue weighted by Gasteiger charge is 2.35. The number of hydrogen-bond acceptors (Lipinski definition) is 8. The maximum Gasteiger partial charge on any atom is 0.417 e. The van der Waals surface area contributed by atoms with Gasteiger partial charge in [0, 0.05) is 49.0 Å². The molecule has 1 aromatic carbocycles. The van der Waals surface area contributed by atoms with E-state index in [1.807, 2.05) is 57.4 Å². The van der Waals surface area contributed by atoms with Gasteiger partial charge < -0.3 is 25.2 Å². The highest BCUT2D eigenvalue weighted by atomic mass is 19.4. The van der Waals surface area contributed by atoms with E-state index in [-0.39, 0.29) is 17.1 Å². The van der Waals surface area contributed by atoms with Crippen LogP contribution in [0.5, 0.6) is 0 Å². The van der Waals surface area contributed by atoms with Crippen molar-refractivity contribution >= 4 is 23.3 Å². The van der Waals surface area contributed by atoms with Crippen molar-refractivity contribution in [2.75, 3.05) is 53.4 Å². The van der Waals surface area contributed by atoms with Gasteiger partial charge in [0.15, 0.2) is 0 Å². The smallest absolute Gasteiger partial charge is 0.384 e. The molecule has 0 spiro atoms. The maximum absolute atomic E-state index is 13.8. The molecule has 1 saturated heterocycles. The molecular formula is C23H22F3N7O. The average molecular weight is 469 g/mol. The van der Waals surface area contributed by atoms with Crippen LogP contribution in [0.2, 0.25) is 0 Å². The molecule has 0 saturated carbocycles. The third-order valence-electron chi connectivity index (χ3n) is 5.61. The average Bonchev–Trinajstić information content (AvgIpc) is 3.35. The first-order valence-electron chi connectivity index (χ1n) is 10.7. The Morgan fingerprint density at radius 3 is 2.41 bits per heavy atom. The number of pyridine rings is 1. The van der Waals surface area contributed by atoms with Crippen molar-refractivity contribution in [2.24, 2.45) is 0 Å². The SMILES string of the molecule is Nc1cc(C(F)(F)F)c(-c2cc(N3C=CN(c4ccccc4)C3)nc(N3CCOCC3)n2)cn1. The summed E-state index contributed by atoms with van der Waals surface area (Å²) in [6.45, 7) is 2.52. The van der Waals surface area contributed by atoms with Crippen LogP contribution < -0.4 is 20.4 Å². The van der Waals surface area contributed by atoms with Gasteiger partial charge in [-0.25, -0.2) is 9.97 Å². The number of alkyl halides is 3. The molecule has 0 aliphatic carbocycles. The topological polar surface area (TPSA) is 83.6 Å². The number of ether oxygens (including phenoxy) is 1. The Kier molecular flexibility index (Phi) is 5.70. The van der Waals surface area contributed by atoms with Crippen LogP contribution >= 0.6 is 0 Å². The van der Waals surface area contributed by atoms with Crippen molar-refractivity contribution < 1.29 is 17.9 Å². The van der Waals surface area contributed by atoms with Gasteiger partial charge in [0.1, 0.15) is 18.3 Å². The second-order valence-electron chi connectivity index (χ2n) is 7.88. The zero-order valence-corrected chi connectivity index (χ0v) is 18.1. The van der Waals surface area contributed by atoms with E-state index in [2.05, 4.69) is 15.0 Å². The summed E-state index contributed by atoms with van der Waals surface area (Å²) < 4.78 is 46.9. The van der Waals surface area contributed by atoms with Gasteiger partial charge in [0.25, 0.3) is 0 Å². The highest BCUT2D eigenvalue weighted by molar-refractivity contribution is 5.70. The zero-order valence-electron chi connectivity index (χ0n) is 18.1. The third kappa shape index (κ3) is 4.46. The summed E-state index contributed by atoms with van der Waals surface area (Å²) in [6.07, 6.45) is 0.239. The zero-order chi connectivity index (χ0) is 23.7. The number of aromatic nitrogens is 3. The fraction of sp³-hybridized carbons (Fsp3) is 0.261. The molecule has 0 radical (unpaired) electrons. The molecular weight excluding hydrogens is 447 g/mol. The number of nitrogens with two attached hydrogens (primary N) is 1. The highest BCUT2D eigenvalue weighted by Crippen LogP contribution is 2.38. The Hall–Kier alpha value is -3.86. The van der Waals surface area contributed by atoms with Gasteiger partial charge in [-0.2, -0.15) is 18.2 Å². The molecule has 4 heterocycles. The molecule has 176 valence electrons. The number of halogens is 3. The van der Waals surface area contributed by atoms with Crippen molar-refractivity contribution in [1.29, 1.82) is 0 Å². The van der Waals surface area contributed by atoms with Gasteiger partial charge in [-0.3, -0.25) is 0 Å². The van der Waals surface area contributed by atoms with Gasteiger partial charge in [-0.1, -0.05) is 18.2 Å². The summed E-state index contributed by atoms with van der Waals surface area (Å²) in [6, 6.07) is 12.2. The van der Waals surface area contributed by atoms with E-state index in [1.165, 1.54) is 0 Å². The number of nitrogen functional groups attached to an aromatic ring is 1.